The number of benzene rings is 2. The van der Waals surface area contributed by atoms with E-state index in [2.05, 4.69) is 15.6 Å². The molecule has 33 heavy (non-hydrogen) atoms. The molecule has 1 atom stereocenters. The molecule has 0 saturated carbocycles. The van der Waals surface area contributed by atoms with Crippen LogP contribution in [-0.2, 0) is 22.7 Å². The highest BCUT2D eigenvalue weighted by Crippen LogP contribution is 2.29. The molecular weight excluding hydrogens is 431 g/mol. The first-order valence-electron chi connectivity index (χ1n) is 10.3. The lowest BCUT2D eigenvalue weighted by Gasteiger charge is -2.29. The molecule has 3 aromatic rings. The van der Waals surface area contributed by atoms with Crippen LogP contribution in [-0.4, -0.2) is 43.7 Å². The van der Waals surface area contributed by atoms with Crippen LogP contribution in [0.15, 0.2) is 42.6 Å². The van der Waals surface area contributed by atoms with Gasteiger partial charge in [0.15, 0.2) is 0 Å². The molecule has 0 bridgehead atoms. The summed E-state index contributed by atoms with van der Waals surface area (Å²) in [6.07, 6.45) is 2.16. The van der Waals surface area contributed by atoms with E-state index in [1.807, 2.05) is 6.07 Å². The third-order valence-corrected chi connectivity index (χ3v) is 5.66. The van der Waals surface area contributed by atoms with Crippen LogP contribution in [0.3, 0.4) is 0 Å². The van der Waals surface area contributed by atoms with Gasteiger partial charge in [-0.15, -0.1) is 5.10 Å². The lowest BCUT2D eigenvalue weighted by Crippen LogP contribution is -2.52. The topological polar surface area (TPSA) is 132 Å². The summed E-state index contributed by atoms with van der Waals surface area (Å²) in [5, 5.41) is 10.4. The number of nitrogens with one attached hydrogen (secondary N) is 1. The van der Waals surface area contributed by atoms with E-state index in [9.17, 15) is 18.8 Å². The highest BCUT2D eigenvalue weighted by molar-refractivity contribution is 6.05. The molecule has 168 valence electrons. The summed E-state index contributed by atoms with van der Waals surface area (Å²) in [6.45, 7) is 0.374. The van der Waals surface area contributed by atoms with Gasteiger partial charge in [0.05, 0.1) is 17.6 Å². The second kappa shape index (κ2) is 8.01. The molecule has 10 nitrogen and oxygen atoms in total. The molecule has 5 rings (SSSR count). The van der Waals surface area contributed by atoms with Crippen molar-refractivity contribution in [3.8, 4) is 11.4 Å². The fourth-order valence-electron chi connectivity index (χ4n) is 3.98. The summed E-state index contributed by atoms with van der Waals surface area (Å²) in [4.78, 5) is 38.1. The van der Waals surface area contributed by atoms with Crippen LogP contribution in [0, 0.1) is 5.82 Å². The van der Waals surface area contributed by atoms with Gasteiger partial charge in [-0.1, -0.05) is 11.3 Å². The maximum Gasteiger partial charge on any atom is 0.255 e. The Morgan fingerprint density at radius 1 is 1.18 bits per heavy atom. The number of halogens is 1. The van der Waals surface area contributed by atoms with Crippen LogP contribution in [0.25, 0.3) is 5.69 Å². The molecule has 1 saturated heterocycles. The highest BCUT2D eigenvalue weighted by atomic mass is 19.1. The average Bonchev–Trinajstić information content (AvgIpc) is 3.38. The van der Waals surface area contributed by atoms with E-state index in [0.29, 0.717) is 35.7 Å². The van der Waals surface area contributed by atoms with E-state index in [0.717, 1.165) is 5.56 Å². The molecular formula is C22H19FN6O4. The van der Waals surface area contributed by atoms with Crippen molar-refractivity contribution >= 4 is 23.4 Å². The van der Waals surface area contributed by atoms with Crippen LogP contribution < -0.4 is 15.8 Å². The molecule has 2 aromatic carbocycles. The van der Waals surface area contributed by atoms with Gasteiger partial charge in [-0.05, 0) is 36.2 Å². The maximum atomic E-state index is 13.2. The molecule has 11 heteroatoms. The number of nitrogens with two attached hydrogens (primary N) is 1. The SMILES string of the molecule is Nc1cc(F)ccc1OCc1cn(-c2ccc3c(c2)C(=O)N(C2CCC(=O)NC2=O)C3)nn1. The van der Waals surface area contributed by atoms with Crippen LogP contribution in [0.5, 0.6) is 5.75 Å². The molecule has 0 radical (unpaired) electrons. The number of hydrogen-bond donors (Lipinski definition) is 2. The fraction of sp³-hybridized carbons (Fsp3) is 0.227. The average molecular weight is 450 g/mol. The van der Waals surface area contributed by atoms with E-state index in [1.165, 1.54) is 27.8 Å². The van der Waals surface area contributed by atoms with Gasteiger partial charge >= 0.3 is 0 Å². The van der Waals surface area contributed by atoms with Crippen LogP contribution in [0.1, 0.15) is 34.5 Å². The third-order valence-electron chi connectivity index (χ3n) is 5.66. The number of piperidine rings is 1. The Hall–Kier alpha value is -4.28. The predicted octanol–water partition coefficient (Wildman–Crippen LogP) is 1.33. The lowest BCUT2D eigenvalue weighted by atomic mass is 10.0. The molecule has 3 heterocycles. The Kier molecular flexibility index (Phi) is 5.00. The minimum atomic E-state index is -0.667. The number of imide groups is 1. The zero-order valence-corrected chi connectivity index (χ0v) is 17.3. The number of carbonyl (C=O) groups excluding carboxylic acids is 3. The smallest absolute Gasteiger partial charge is 0.255 e. The van der Waals surface area contributed by atoms with Gasteiger partial charge in [0.2, 0.25) is 11.8 Å². The molecule has 2 aliphatic heterocycles. The summed E-state index contributed by atoms with van der Waals surface area (Å²) in [6, 6.07) is 8.51. The number of anilines is 1. The van der Waals surface area contributed by atoms with Crippen molar-refractivity contribution in [2.75, 3.05) is 5.73 Å². The van der Waals surface area contributed by atoms with Gasteiger partial charge in [0.25, 0.3) is 5.91 Å². The molecule has 1 fully saturated rings. The van der Waals surface area contributed by atoms with Crippen molar-refractivity contribution in [3.05, 3.63) is 65.2 Å². The zero-order chi connectivity index (χ0) is 23.1. The summed E-state index contributed by atoms with van der Waals surface area (Å²) in [7, 11) is 0. The van der Waals surface area contributed by atoms with Gasteiger partial charge in [0, 0.05) is 24.6 Å². The number of amides is 3. The van der Waals surface area contributed by atoms with E-state index in [4.69, 9.17) is 10.5 Å². The van der Waals surface area contributed by atoms with Gasteiger partial charge in [-0.2, -0.15) is 0 Å². The van der Waals surface area contributed by atoms with Crippen LogP contribution in [0.2, 0.25) is 0 Å². The first-order chi connectivity index (χ1) is 15.9. The Balaban J connectivity index is 1.30. The van der Waals surface area contributed by atoms with Crippen LogP contribution in [0.4, 0.5) is 10.1 Å². The maximum absolute atomic E-state index is 13.2. The second-order valence-electron chi connectivity index (χ2n) is 7.87. The van der Waals surface area contributed by atoms with Gasteiger partial charge < -0.3 is 15.4 Å². The van der Waals surface area contributed by atoms with Gasteiger partial charge in [-0.3, -0.25) is 19.7 Å². The number of aromatic nitrogens is 3. The number of hydrogen-bond acceptors (Lipinski definition) is 7. The quantitative estimate of drug-likeness (QED) is 0.443. The molecule has 2 aliphatic rings. The first kappa shape index (κ1) is 20.6. The highest BCUT2D eigenvalue weighted by Gasteiger charge is 2.39. The Morgan fingerprint density at radius 2 is 2.03 bits per heavy atom. The Labute approximate surface area is 187 Å². The standard InChI is InChI=1S/C22H19FN6O4/c23-13-2-5-19(17(24)7-13)33-11-14-10-29(27-26-14)15-3-1-12-9-28(22(32)16(12)8-15)18-4-6-20(30)25-21(18)31/h1-3,5,7-8,10,18H,4,6,9,11,24H2,(H,25,30,31). The van der Waals surface area contributed by atoms with Crippen molar-refractivity contribution in [1.82, 2.24) is 25.2 Å². The lowest BCUT2D eigenvalue weighted by molar-refractivity contribution is -0.136. The fourth-order valence-corrected chi connectivity index (χ4v) is 3.98. The number of rotatable bonds is 5. The molecule has 3 amide bonds. The van der Waals surface area contributed by atoms with E-state index >= 15 is 0 Å². The molecule has 3 N–H and O–H groups in total. The Bertz CT molecular complexity index is 1290. The minimum absolute atomic E-state index is 0.0724. The third kappa shape index (κ3) is 3.88. The van der Waals surface area contributed by atoms with Crippen molar-refractivity contribution < 1.29 is 23.5 Å². The first-order valence-corrected chi connectivity index (χ1v) is 10.3. The number of fused-ring (bicyclic) bond motifs is 1. The number of nitrogen functional groups attached to an aromatic ring is 1. The summed E-state index contributed by atoms with van der Waals surface area (Å²) >= 11 is 0. The van der Waals surface area contributed by atoms with Gasteiger partial charge in [0.1, 0.15) is 29.9 Å². The van der Waals surface area contributed by atoms with E-state index in [1.54, 1.807) is 18.3 Å². The van der Waals surface area contributed by atoms with Crippen LogP contribution >= 0.6 is 0 Å². The zero-order valence-electron chi connectivity index (χ0n) is 17.3. The molecule has 1 unspecified atom stereocenters. The molecule has 0 spiro atoms. The van der Waals surface area contributed by atoms with E-state index < -0.39 is 17.8 Å². The van der Waals surface area contributed by atoms with Crippen molar-refractivity contribution in [1.29, 1.82) is 0 Å². The predicted molar refractivity (Wildman–Crippen MR) is 113 cm³/mol. The Morgan fingerprint density at radius 3 is 2.82 bits per heavy atom. The second-order valence-corrected chi connectivity index (χ2v) is 7.87. The van der Waals surface area contributed by atoms with Crippen molar-refractivity contribution in [3.63, 3.8) is 0 Å². The molecule has 1 aromatic heterocycles. The summed E-state index contributed by atoms with van der Waals surface area (Å²) in [5.74, 6) is -1.15. The van der Waals surface area contributed by atoms with Crippen molar-refractivity contribution in [2.45, 2.75) is 32.0 Å². The number of carbonyl (C=O) groups is 3. The number of ether oxygens (including phenoxy) is 1. The summed E-state index contributed by atoms with van der Waals surface area (Å²) in [5.41, 5.74) is 8.32. The van der Waals surface area contributed by atoms with Crippen molar-refractivity contribution in [2.24, 2.45) is 0 Å². The number of nitrogens with zero attached hydrogens (tertiary/aromatic N) is 4. The monoisotopic (exact) mass is 450 g/mol. The normalized spacial score (nSPS) is 17.8. The summed E-state index contributed by atoms with van der Waals surface area (Å²) < 4.78 is 20.3. The molecule has 0 aliphatic carbocycles. The van der Waals surface area contributed by atoms with E-state index in [-0.39, 0.29) is 30.5 Å². The van der Waals surface area contributed by atoms with Gasteiger partial charge in [-0.25, -0.2) is 9.07 Å². The largest absolute Gasteiger partial charge is 0.485 e. The minimum Gasteiger partial charge on any atom is -0.485 e.